The van der Waals surface area contributed by atoms with Crippen molar-refractivity contribution in [3.63, 3.8) is 0 Å². The summed E-state index contributed by atoms with van der Waals surface area (Å²) in [6.07, 6.45) is 0. The maximum Gasteiger partial charge on any atom is 0.180 e. The Morgan fingerprint density at radius 2 is 1.72 bits per heavy atom. The molecule has 0 amide bonds. The lowest BCUT2D eigenvalue weighted by molar-refractivity contribution is 0.465. The van der Waals surface area contributed by atoms with Crippen LogP contribution in [0.5, 0.6) is 11.5 Å². The monoisotopic (exact) mass is 401 g/mol. The number of ether oxygens (including phenoxy) is 1. The topological polar surface area (TPSA) is 55.4 Å². The maximum absolute atomic E-state index is 12.5. The average molecular weight is 402 g/mol. The molecular formula is C18H21Cl2NO3S. The Bertz CT molecular complexity index is 867. The van der Waals surface area contributed by atoms with E-state index in [1.807, 2.05) is 6.92 Å². The summed E-state index contributed by atoms with van der Waals surface area (Å²) in [7, 11) is -1.58. The quantitative estimate of drug-likeness (QED) is 0.717. The summed E-state index contributed by atoms with van der Waals surface area (Å²) in [5.74, 6) is 0.937. The van der Waals surface area contributed by atoms with Crippen LogP contribution in [0.4, 0.5) is 0 Å². The smallest absolute Gasteiger partial charge is 0.180 e. The van der Waals surface area contributed by atoms with E-state index in [1.54, 1.807) is 57.3 Å². The van der Waals surface area contributed by atoms with Gasteiger partial charge in [-0.15, -0.1) is 0 Å². The summed E-state index contributed by atoms with van der Waals surface area (Å²) in [6, 6.07) is 9.85. The molecule has 0 spiro atoms. The van der Waals surface area contributed by atoms with E-state index in [9.17, 15) is 8.42 Å². The van der Waals surface area contributed by atoms with Crippen molar-refractivity contribution in [1.29, 1.82) is 0 Å². The number of benzene rings is 2. The third kappa shape index (κ3) is 4.29. The first-order valence-electron chi connectivity index (χ1n) is 7.85. The number of nitrogens with one attached hydrogen (secondary N) is 1. The zero-order chi connectivity index (χ0) is 18.8. The Hall–Kier alpha value is -1.27. The van der Waals surface area contributed by atoms with Gasteiger partial charge in [-0.25, -0.2) is 8.42 Å². The van der Waals surface area contributed by atoms with Crippen LogP contribution in [0.2, 0.25) is 10.0 Å². The van der Waals surface area contributed by atoms with E-state index in [0.717, 1.165) is 5.56 Å². The first-order chi connectivity index (χ1) is 11.7. The molecule has 0 aliphatic heterocycles. The Kier molecular flexibility index (Phi) is 6.38. The van der Waals surface area contributed by atoms with Crippen LogP contribution in [0, 0.1) is 0 Å². The largest absolute Gasteiger partial charge is 0.455 e. The molecule has 1 atom stereocenters. The van der Waals surface area contributed by atoms with Gasteiger partial charge in [0.05, 0.1) is 15.2 Å². The Morgan fingerprint density at radius 3 is 2.32 bits per heavy atom. The van der Waals surface area contributed by atoms with Gasteiger partial charge in [0.1, 0.15) is 16.5 Å². The molecule has 136 valence electrons. The van der Waals surface area contributed by atoms with Gasteiger partial charge in [-0.3, -0.25) is 0 Å². The molecule has 0 radical (unpaired) electrons. The number of hydrogen-bond acceptors (Lipinski definition) is 4. The predicted octanol–water partition coefficient (Wildman–Crippen LogP) is 5.25. The molecule has 2 aromatic rings. The van der Waals surface area contributed by atoms with Crippen molar-refractivity contribution in [2.75, 3.05) is 7.05 Å². The summed E-state index contributed by atoms with van der Waals surface area (Å²) < 4.78 is 30.8. The van der Waals surface area contributed by atoms with Crippen LogP contribution in [0.1, 0.15) is 32.4 Å². The molecule has 0 saturated carbocycles. The highest BCUT2D eigenvalue weighted by molar-refractivity contribution is 7.92. The SMILES string of the molecule is CNC(C)c1cc(S(=O)(=O)C(C)C)ccc1Oc1cccc(Cl)c1Cl. The lowest BCUT2D eigenvalue weighted by Gasteiger charge is -2.19. The number of sulfone groups is 1. The van der Waals surface area contributed by atoms with E-state index in [1.165, 1.54) is 0 Å². The molecule has 0 bridgehead atoms. The van der Waals surface area contributed by atoms with Crippen LogP contribution >= 0.6 is 23.2 Å². The third-order valence-electron chi connectivity index (χ3n) is 3.97. The van der Waals surface area contributed by atoms with Gasteiger partial charge in [-0.05, 0) is 58.2 Å². The van der Waals surface area contributed by atoms with Crippen molar-refractivity contribution in [2.45, 2.75) is 37.0 Å². The van der Waals surface area contributed by atoms with E-state index in [4.69, 9.17) is 27.9 Å². The third-order valence-corrected chi connectivity index (χ3v) is 6.92. The van der Waals surface area contributed by atoms with E-state index in [-0.39, 0.29) is 10.9 Å². The molecular weight excluding hydrogens is 381 g/mol. The van der Waals surface area contributed by atoms with Crippen molar-refractivity contribution < 1.29 is 13.2 Å². The molecule has 2 rings (SSSR count). The van der Waals surface area contributed by atoms with Crippen LogP contribution in [-0.2, 0) is 9.84 Å². The fourth-order valence-corrected chi connectivity index (χ4v) is 3.67. The van der Waals surface area contributed by atoms with E-state index in [2.05, 4.69) is 5.32 Å². The summed E-state index contributed by atoms with van der Waals surface area (Å²) in [5, 5.41) is 3.31. The molecule has 0 fully saturated rings. The van der Waals surface area contributed by atoms with Crippen LogP contribution in [0.25, 0.3) is 0 Å². The number of halogens is 2. The second-order valence-corrected chi connectivity index (χ2v) is 9.25. The molecule has 0 aliphatic rings. The molecule has 4 nitrogen and oxygen atoms in total. The second-order valence-electron chi connectivity index (χ2n) is 5.96. The average Bonchev–Trinajstić information content (AvgIpc) is 2.58. The van der Waals surface area contributed by atoms with Gasteiger partial charge in [0, 0.05) is 11.6 Å². The summed E-state index contributed by atoms with van der Waals surface area (Å²) >= 11 is 12.2. The van der Waals surface area contributed by atoms with Gasteiger partial charge in [-0.1, -0.05) is 29.3 Å². The van der Waals surface area contributed by atoms with Crippen molar-refractivity contribution in [3.8, 4) is 11.5 Å². The van der Waals surface area contributed by atoms with Gasteiger partial charge in [0.15, 0.2) is 9.84 Å². The van der Waals surface area contributed by atoms with Crippen molar-refractivity contribution in [1.82, 2.24) is 5.32 Å². The summed E-state index contributed by atoms with van der Waals surface area (Å²) in [6.45, 7) is 5.24. The molecule has 1 unspecified atom stereocenters. The molecule has 25 heavy (non-hydrogen) atoms. The highest BCUT2D eigenvalue weighted by Gasteiger charge is 2.22. The molecule has 7 heteroatoms. The Labute approximate surface area is 159 Å². The van der Waals surface area contributed by atoms with Gasteiger partial charge in [-0.2, -0.15) is 0 Å². The van der Waals surface area contributed by atoms with E-state index in [0.29, 0.717) is 21.5 Å². The fraction of sp³-hybridized carbons (Fsp3) is 0.333. The van der Waals surface area contributed by atoms with Gasteiger partial charge in [0.2, 0.25) is 0 Å². The molecule has 0 aliphatic carbocycles. The Morgan fingerprint density at radius 1 is 1.04 bits per heavy atom. The lowest BCUT2D eigenvalue weighted by Crippen LogP contribution is -2.17. The zero-order valence-corrected chi connectivity index (χ0v) is 16.8. The van der Waals surface area contributed by atoms with Crippen molar-refractivity contribution >= 4 is 33.0 Å². The van der Waals surface area contributed by atoms with E-state index < -0.39 is 15.1 Å². The Balaban J connectivity index is 2.53. The van der Waals surface area contributed by atoms with Crippen molar-refractivity contribution in [3.05, 3.63) is 52.0 Å². The van der Waals surface area contributed by atoms with Crippen LogP contribution in [0.15, 0.2) is 41.3 Å². The lowest BCUT2D eigenvalue weighted by atomic mass is 10.1. The molecule has 1 N–H and O–H groups in total. The van der Waals surface area contributed by atoms with Gasteiger partial charge >= 0.3 is 0 Å². The summed E-state index contributed by atoms with van der Waals surface area (Å²) in [4.78, 5) is 0.268. The van der Waals surface area contributed by atoms with Gasteiger partial charge in [0.25, 0.3) is 0 Å². The van der Waals surface area contributed by atoms with Crippen LogP contribution in [-0.4, -0.2) is 20.7 Å². The molecule has 2 aromatic carbocycles. The van der Waals surface area contributed by atoms with Crippen molar-refractivity contribution in [2.24, 2.45) is 0 Å². The summed E-state index contributed by atoms with van der Waals surface area (Å²) in [5.41, 5.74) is 0.722. The van der Waals surface area contributed by atoms with Crippen LogP contribution in [0.3, 0.4) is 0 Å². The minimum absolute atomic E-state index is 0.115. The zero-order valence-electron chi connectivity index (χ0n) is 14.5. The molecule has 0 aromatic heterocycles. The first-order valence-corrected chi connectivity index (χ1v) is 10.2. The minimum atomic E-state index is -3.38. The van der Waals surface area contributed by atoms with Gasteiger partial charge < -0.3 is 10.1 Å². The highest BCUT2D eigenvalue weighted by Crippen LogP contribution is 2.38. The second kappa shape index (κ2) is 7.96. The number of rotatable bonds is 6. The maximum atomic E-state index is 12.5. The van der Waals surface area contributed by atoms with E-state index >= 15 is 0 Å². The number of hydrogen-bond donors (Lipinski definition) is 1. The molecule has 0 saturated heterocycles. The normalized spacial score (nSPS) is 13.1. The fourth-order valence-electron chi connectivity index (χ4n) is 2.24. The highest BCUT2D eigenvalue weighted by atomic mass is 35.5. The standard InChI is InChI=1S/C18H21Cl2NO3S/c1-11(2)25(22,23)13-8-9-16(14(10-13)12(3)21-4)24-17-7-5-6-15(19)18(17)20/h5-12,21H,1-4H3. The predicted molar refractivity (Wildman–Crippen MR) is 103 cm³/mol. The molecule has 0 heterocycles. The first kappa shape index (κ1) is 20.0. The van der Waals surface area contributed by atoms with Crippen LogP contribution < -0.4 is 10.1 Å². The minimum Gasteiger partial charge on any atom is -0.455 e.